The fraction of sp³-hybridized carbons (Fsp3) is 1.00. The molecule has 0 rings (SSSR count). The van der Waals surface area contributed by atoms with Gasteiger partial charge in [0.2, 0.25) is 0 Å². The minimum absolute atomic E-state index is 0.0771. The van der Waals surface area contributed by atoms with Gasteiger partial charge in [-0.1, -0.05) is 71.6 Å². The van der Waals surface area contributed by atoms with Crippen LogP contribution in [0.3, 0.4) is 0 Å². The molecule has 3 nitrogen and oxygen atoms in total. The first kappa shape index (κ1) is 23.9. The molecule has 0 amide bonds. The van der Waals surface area contributed by atoms with Crippen LogP contribution in [0.25, 0.3) is 0 Å². The van der Waals surface area contributed by atoms with Gasteiger partial charge in [0.15, 0.2) is 6.29 Å². The summed E-state index contributed by atoms with van der Waals surface area (Å²) in [6.07, 6.45) is 14.5. The summed E-state index contributed by atoms with van der Waals surface area (Å²) in [7, 11) is 1.74. The zero-order valence-corrected chi connectivity index (χ0v) is 17.1. The van der Waals surface area contributed by atoms with Crippen LogP contribution >= 0.6 is 0 Å². The van der Waals surface area contributed by atoms with Gasteiger partial charge in [-0.25, -0.2) is 0 Å². The lowest BCUT2D eigenvalue weighted by molar-refractivity contribution is -0.134. The molecule has 0 radical (unpaired) electrons. The molecule has 2 unspecified atom stereocenters. The molecule has 0 aromatic carbocycles. The van der Waals surface area contributed by atoms with Crippen LogP contribution in [0, 0.1) is 5.92 Å². The minimum atomic E-state index is -0.548. The third-order valence-electron chi connectivity index (χ3n) is 4.64. The van der Waals surface area contributed by atoms with E-state index in [1.165, 1.54) is 44.9 Å². The fourth-order valence-corrected chi connectivity index (χ4v) is 3.01. The molecule has 0 aromatic rings. The Kier molecular flexibility index (Phi) is 15.1. The molecule has 0 aliphatic carbocycles. The smallest absolute Gasteiger partial charge is 0.157 e. The minimum Gasteiger partial charge on any atom is -0.390 e. The van der Waals surface area contributed by atoms with Crippen molar-refractivity contribution in [3.8, 4) is 0 Å². The van der Waals surface area contributed by atoms with E-state index in [4.69, 9.17) is 9.47 Å². The first-order valence-corrected chi connectivity index (χ1v) is 10.3. The van der Waals surface area contributed by atoms with Gasteiger partial charge in [-0.05, 0) is 32.6 Å². The van der Waals surface area contributed by atoms with Gasteiger partial charge in [0, 0.05) is 20.1 Å². The van der Waals surface area contributed by atoms with Crippen LogP contribution in [0.4, 0.5) is 0 Å². The molecule has 0 spiro atoms. The summed E-state index contributed by atoms with van der Waals surface area (Å²) >= 11 is 0. The molecule has 0 bridgehead atoms. The zero-order valence-electron chi connectivity index (χ0n) is 17.1. The van der Waals surface area contributed by atoms with Crippen molar-refractivity contribution in [1.82, 2.24) is 0 Å². The molecular weight excluding hydrogens is 300 g/mol. The lowest BCUT2D eigenvalue weighted by Gasteiger charge is -2.22. The first-order chi connectivity index (χ1) is 11.4. The van der Waals surface area contributed by atoms with E-state index in [0.717, 1.165) is 38.7 Å². The maximum absolute atomic E-state index is 9.76. The third kappa shape index (κ3) is 16.7. The predicted molar refractivity (Wildman–Crippen MR) is 103 cm³/mol. The topological polar surface area (TPSA) is 38.7 Å². The molecule has 0 aromatic heterocycles. The second-order valence-corrected chi connectivity index (χ2v) is 8.06. The number of hydrogen-bond acceptors (Lipinski definition) is 3. The van der Waals surface area contributed by atoms with Gasteiger partial charge >= 0.3 is 0 Å². The largest absolute Gasteiger partial charge is 0.390 e. The second kappa shape index (κ2) is 15.2. The van der Waals surface area contributed by atoms with Crippen molar-refractivity contribution < 1.29 is 14.6 Å². The highest BCUT2D eigenvalue weighted by atomic mass is 16.7. The van der Waals surface area contributed by atoms with Crippen LogP contribution in [0.1, 0.15) is 105 Å². The number of rotatable bonds is 17. The second-order valence-electron chi connectivity index (χ2n) is 8.06. The van der Waals surface area contributed by atoms with Crippen LogP contribution < -0.4 is 0 Å². The summed E-state index contributed by atoms with van der Waals surface area (Å²) in [5, 5.41) is 9.76. The number of aliphatic hydroxyl groups is 1. The highest BCUT2D eigenvalue weighted by molar-refractivity contribution is 4.66. The van der Waals surface area contributed by atoms with Crippen LogP contribution in [-0.4, -0.2) is 30.7 Å². The quantitative estimate of drug-likeness (QED) is 0.256. The van der Waals surface area contributed by atoms with Crippen molar-refractivity contribution >= 4 is 0 Å². The van der Waals surface area contributed by atoms with E-state index >= 15 is 0 Å². The molecule has 146 valence electrons. The van der Waals surface area contributed by atoms with E-state index in [0.29, 0.717) is 5.92 Å². The van der Waals surface area contributed by atoms with E-state index in [-0.39, 0.29) is 6.29 Å². The Morgan fingerprint density at radius 3 is 2.04 bits per heavy atom. The normalized spacial score (nSPS) is 14.8. The molecule has 0 heterocycles. The number of hydrogen-bond donors (Lipinski definition) is 1. The molecular formula is C21H44O3. The average molecular weight is 345 g/mol. The molecule has 24 heavy (non-hydrogen) atoms. The van der Waals surface area contributed by atoms with Crippen molar-refractivity contribution in [2.45, 2.75) is 117 Å². The standard InChI is InChI=1S/C21H44O3/c1-6-7-8-9-10-11-12-13-17-24-20(23-5)18-19(2)15-14-16-21(3,4)22/h19-20,22H,6-18H2,1-5H3. The SMILES string of the molecule is CCCCCCCCCCOC(CC(C)CCCC(C)(C)O)OC. The maximum Gasteiger partial charge on any atom is 0.157 e. The maximum atomic E-state index is 9.76. The molecule has 2 atom stereocenters. The summed E-state index contributed by atoms with van der Waals surface area (Å²) in [5.41, 5.74) is -0.548. The van der Waals surface area contributed by atoms with Gasteiger partial charge in [-0.15, -0.1) is 0 Å². The van der Waals surface area contributed by atoms with Gasteiger partial charge in [-0.3, -0.25) is 0 Å². The molecule has 1 N–H and O–H groups in total. The highest BCUT2D eigenvalue weighted by Crippen LogP contribution is 2.20. The third-order valence-corrected chi connectivity index (χ3v) is 4.64. The molecule has 0 aliphatic heterocycles. The van der Waals surface area contributed by atoms with Gasteiger partial charge in [-0.2, -0.15) is 0 Å². The van der Waals surface area contributed by atoms with Gasteiger partial charge in [0.1, 0.15) is 0 Å². The predicted octanol–water partition coefficient (Wildman–Crippen LogP) is 6.08. The summed E-state index contributed by atoms with van der Waals surface area (Å²) in [6, 6.07) is 0. The van der Waals surface area contributed by atoms with Crippen molar-refractivity contribution in [2.75, 3.05) is 13.7 Å². The first-order valence-electron chi connectivity index (χ1n) is 10.3. The zero-order chi connectivity index (χ0) is 18.3. The van der Waals surface area contributed by atoms with Crippen molar-refractivity contribution in [2.24, 2.45) is 5.92 Å². The van der Waals surface area contributed by atoms with E-state index in [9.17, 15) is 5.11 Å². The van der Waals surface area contributed by atoms with Crippen LogP contribution in [0.5, 0.6) is 0 Å². The number of unbranched alkanes of at least 4 members (excludes halogenated alkanes) is 7. The Labute approximate surface area is 151 Å². The van der Waals surface area contributed by atoms with Crippen LogP contribution in [0.2, 0.25) is 0 Å². The Morgan fingerprint density at radius 1 is 0.917 bits per heavy atom. The lowest BCUT2D eigenvalue weighted by Crippen LogP contribution is -2.21. The van der Waals surface area contributed by atoms with Crippen molar-refractivity contribution in [1.29, 1.82) is 0 Å². The van der Waals surface area contributed by atoms with Gasteiger partial charge in [0.25, 0.3) is 0 Å². The Hall–Kier alpha value is -0.120. The summed E-state index contributed by atoms with van der Waals surface area (Å²) in [6.45, 7) is 9.07. The van der Waals surface area contributed by atoms with Crippen molar-refractivity contribution in [3.63, 3.8) is 0 Å². The van der Waals surface area contributed by atoms with Gasteiger partial charge in [0.05, 0.1) is 5.60 Å². The molecule has 0 saturated heterocycles. The summed E-state index contributed by atoms with van der Waals surface area (Å²) in [4.78, 5) is 0. The molecule has 0 fully saturated rings. The van der Waals surface area contributed by atoms with E-state index < -0.39 is 5.60 Å². The summed E-state index contributed by atoms with van der Waals surface area (Å²) < 4.78 is 11.4. The fourth-order valence-electron chi connectivity index (χ4n) is 3.01. The van der Waals surface area contributed by atoms with Crippen LogP contribution in [-0.2, 0) is 9.47 Å². The molecule has 3 heteroatoms. The van der Waals surface area contributed by atoms with Crippen molar-refractivity contribution in [3.05, 3.63) is 0 Å². The van der Waals surface area contributed by atoms with Gasteiger partial charge < -0.3 is 14.6 Å². The Morgan fingerprint density at radius 2 is 1.50 bits per heavy atom. The van der Waals surface area contributed by atoms with E-state index in [1.807, 2.05) is 13.8 Å². The van der Waals surface area contributed by atoms with E-state index in [1.54, 1.807) is 7.11 Å². The van der Waals surface area contributed by atoms with E-state index in [2.05, 4.69) is 13.8 Å². The monoisotopic (exact) mass is 344 g/mol. The number of methoxy groups -OCH3 is 1. The number of ether oxygens (including phenoxy) is 2. The average Bonchev–Trinajstić information content (AvgIpc) is 2.50. The Bertz CT molecular complexity index is 260. The summed E-state index contributed by atoms with van der Waals surface area (Å²) in [5.74, 6) is 0.566. The molecule has 0 aliphatic rings. The van der Waals surface area contributed by atoms with Crippen LogP contribution in [0.15, 0.2) is 0 Å². The molecule has 0 saturated carbocycles. The highest BCUT2D eigenvalue weighted by Gasteiger charge is 2.16. The Balaban J connectivity index is 3.58. The lowest BCUT2D eigenvalue weighted by atomic mass is 9.95.